The van der Waals surface area contributed by atoms with E-state index in [9.17, 15) is 0 Å². The van der Waals surface area contributed by atoms with Crippen molar-refractivity contribution in [3.05, 3.63) is 36.3 Å². The van der Waals surface area contributed by atoms with Crippen molar-refractivity contribution < 1.29 is 0 Å². The van der Waals surface area contributed by atoms with Gasteiger partial charge in [-0.05, 0) is 30.7 Å². The third-order valence-electron chi connectivity index (χ3n) is 4.53. The van der Waals surface area contributed by atoms with Crippen LogP contribution in [0.15, 0.2) is 30.7 Å². The molecule has 0 unspecified atom stereocenters. The maximum atomic E-state index is 4.39. The van der Waals surface area contributed by atoms with Gasteiger partial charge in [0, 0.05) is 23.8 Å². The van der Waals surface area contributed by atoms with Gasteiger partial charge in [-0.3, -0.25) is 0 Å². The summed E-state index contributed by atoms with van der Waals surface area (Å²) in [6.45, 7) is 3.38. The highest BCUT2D eigenvalue weighted by Crippen LogP contribution is 2.41. The molecule has 3 heteroatoms. The molecule has 1 saturated carbocycles. The first kappa shape index (κ1) is 11.1. The number of nitrogens with one attached hydrogen (secondary N) is 1. The second kappa shape index (κ2) is 4.12. The molecule has 1 aliphatic heterocycles. The molecule has 0 bridgehead atoms. The number of hydrogen-bond acceptors (Lipinski definition) is 2. The standard InChI is InChI=1S/C16H19N3/c1-11-7-13(8-11)19-10-17-9-15(19)14-4-2-3-12-5-6-18-16(12)14/h2-4,9-11,13,18H,5-8H2,1H3. The van der Waals surface area contributed by atoms with Crippen LogP contribution in [-0.2, 0) is 6.42 Å². The number of rotatable bonds is 2. The van der Waals surface area contributed by atoms with Gasteiger partial charge in [0.15, 0.2) is 0 Å². The van der Waals surface area contributed by atoms with Crippen molar-refractivity contribution in [1.29, 1.82) is 0 Å². The van der Waals surface area contributed by atoms with Gasteiger partial charge < -0.3 is 9.88 Å². The third kappa shape index (κ3) is 1.68. The summed E-state index contributed by atoms with van der Waals surface area (Å²) >= 11 is 0. The first-order valence-electron chi connectivity index (χ1n) is 7.21. The maximum Gasteiger partial charge on any atom is 0.0953 e. The maximum absolute atomic E-state index is 4.39. The molecule has 1 aromatic carbocycles. The van der Waals surface area contributed by atoms with E-state index < -0.39 is 0 Å². The fourth-order valence-corrected chi connectivity index (χ4v) is 3.44. The van der Waals surface area contributed by atoms with E-state index in [-0.39, 0.29) is 0 Å². The molecule has 2 aliphatic rings. The van der Waals surface area contributed by atoms with Gasteiger partial charge in [-0.15, -0.1) is 0 Å². The predicted molar refractivity (Wildman–Crippen MR) is 77.3 cm³/mol. The van der Waals surface area contributed by atoms with Crippen molar-refractivity contribution in [2.45, 2.75) is 32.2 Å². The van der Waals surface area contributed by atoms with Crippen LogP contribution < -0.4 is 5.32 Å². The molecule has 3 nitrogen and oxygen atoms in total. The lowest BCUT2D eigenvalue weighted by Gasteiger charge is -2.34. The fraction of sp³-hybridized carbons (Fsp3) is 0.438. The Balaban J connectivity index is 1.77. The molecule has 0 radical (unpaired) electrons. The van der Waals surface area contributed by atoms with E-state index in [0.717, 1.165) is 18.9 Å². The van der Waals surface area contributed by atoms with Crippen molar-refractivity contribution in [1.82, 2.24) is 9.55 Å². The van der Waals surface area contributed by atoms with Gasteiger partial charge in [-0.25, -0.2) is 4.98 Å². The molecule has 4 rings (SSSR count). The summed E-state index contributed by atoms with van der Waals surface area (Å²) < 4.78 is 2.37. The van der Waals surface area contributed by atoms with E-state index in [1.54, 1.807) is 0 Å². The lowest BCUT2D eigenvalue weighted by Crippen LogP contribution is -2.24. The molecule has 1 aliphatic carbocycles. The number of para-hydroxylation sites is 1. The Hall–Kier alpha value is -1.77. The monoisotopic (exact) mass is 253 g/mol. The molecule has 0 spiro atoms. The smallest absolute Gasteiger partial charge is 0.0953 e. The summed E-state index contributed by atoms with van der Waals surface area (Å²) in [5.74, 6) is 0.861. The van der Waals surface area contributed by atoms with E-state index in [1.165, 1.54) is 35.3 Å². The molecule has 1 fully saturated rings. The van der Waals surface area contributed by atoms with Gasteiger partial charge in [-0.2, -0.15) is 0 Å². The van der Waals surface area contributed by atoms with Gasteiger partial charge in [0.2, 0.25) is 0 Å². The largest absolute Gasteiger partial charge is 0.384 e. The topological polar surface area (TPSA) is 29.9 Å². The van der Waals surface area contributed by atoms with Gasteiger partial charge in [0.25, 0.3) is 0 Å². The highest BCUT2D eigenvalue weighted by molar-refractivity contribution is 5.79. The molecule has 1 N–H and O–H groups in total. The molecule has 1 aromatic heterocycles. The first-order chi connectivity index (χ1) is 9.33. The van der Waals surface area contributed by atoms with Crippen LogP contribution in [0.4, 0.5) is 5.69 Å². The van der Waals surface area contributed by atoms with Crippen molar-refractivity contribution in [3.63, 3.8) is 0 Å². The Morgan fingerprint density at radius 3 is 3.05 bits per heavy atom. The molecule has 0 amide bonds. The molecule has 2 aromatic rings. The Kier molecular flexibility index (Phi) is 2.40. The van der Waals surface area contributed by atoms with E-state index in [1.807, 2.05) is 12.5 Å². The second-order valence-corrected chi connectivity index (χ2v) is 5.93. The number of nitrogens with zero attached hydrogens (tertiary/aromatic N) is 2. The SMILES string of the molecule is CC1CC(n2cncc2-c2cccc3c2NCC3)C1. The zero-order valence-corrected chi connectivity index (χ0v) is 11.3. The van der Waals surface area contributed by atoms with Gasteiger partial charge in [0.1, 0.15) is 0 Å². The van der Waals surface area contributed by atoms with Gasteiger partial charge >= 0.3 is 0 Å². The molecule has 0 atom stereocenters. The van der Waals surface area contributed by atoms with Gasteiger partial charge in [0.05, 0.1) is 18.2 Å². The van der Waals surface area contributed by atoms with E-state index in [0.29, 0.717) is 6.04 Å². The number of aromatic nitrogens is 2. The van der Waals surface area contributed by atoms with Gasteiger partial charge in [-0.1, -0.05) is 25.1 Å². The number of benzene rings is 1. The minimum atomic E-state index is 0.643. The summed E-state index contributed by atoms with van der Waals surface area (Å²) in [4.78, 5) is 4.39. The molecular weight excluding hydrogens is 234 g/mol. The fourth-order valence-electron chi connectivity index (χ4n) is 3.44. The number of hydrogen-bond donors (Lipinski definition) is 1. The Morgan fingerprint density at radius 1 is 1.32 bits per heavy atom. The normalized spacial score (nSPS) is 24.7. The Morgan fingerprint density at radius 2 is 2.21 bits per heavy atom. The third-order valence-corrected chi connectivity index (χ3v) is 4.53. The molecular formula is C16H19N3. The van der Waals surface area contributed by atoms with Crippen LogP contribution in [0.2, 0.25) is 0 Å². The molecule has 98 valence electrons. The molecule has 0 saturated heterocycles. The highest BCUT2D eigenvalue weighted by atomic mass is 15.1. The van der Waals surface area contributed by atoms with Crippen molar-refractivity contribution in [2.75, 3.05) is 11.9 Å². The lowest BCUT2D eigenvalue weighted by atomic mass is 9.81. The Bertz CT molecular complexity index is 608. The van der Waals surface area contributed by atoms with Crippen LogP contribution in [0.5, 0.6) is 0 Å². The van der Waals surface area contributed by atoms with Crippen LogP contribution in [0.1, 0.15) is 31.4 Å². The average Bonchev–Trinajstić information content (AvgIpc) is 3.03. The summed E-state index contributed by atoms with van der Waals surface area (Å²) in [5, 5.41) is 3.53. The number of fused-ring (bicyclic) bond motifs is 1. The summed E-state index contributed by atoms with van der Waals surface area (Å²) in [5.41, 5.74) is 5.33. The first-order valence-corrected chi connectivity index (χ1v) is 7.21. The lowest BCUT2D eigenvalue weighted by molar-refractivity contribution is 0.217. The number of imidazole rings is 1. The van der Waals surface area contributed by atoms with Crippen molar-refractivity contribution in [3.8, 4) is 11.3 Å². The average molecular weight is 253 g/mol. The molecule has 19 heavy (non-hydrogen) atoms. The summed E-state index contributed by atoms with van der Waals surface area (Å²) in [6.07, 6.45) is 7.72. The van der Waals surface area contributed by atoms with Crippen LogP contribution in [0, 0.1) is 5.92 Å². The van der Waals surface area contributed by atoms with E-state index in [4.69, 9.17) is 0 Å². The second-order valence-electron chi connectivity index (χ2n) is 5.93. The summed E-state index contributed by atoms with van der Waals surface area (Å²) in [6, 6.07) is 7.25. The minimum absolute atomic E-state index is 0.643. The van der Waals surface area contributed by atoms with Crippen LogP contribution in [-0.4, -0.2) is 16.1 Å². The zero-order valence-electron chi connectivity index (χ0n) is 11.3. The van der Waals surface area contributed by atoms with E-state index >= 15 is 0 Å². The molecule has 2 heterocycles. The number of anilines is 1. The van der Waals surface area contributed by atoms with Crippen molar-refractivity contribution in [2.24, 2.45) is 5.92 Å². The Labute approximate surface area is 113 Å². The van der Waals surface area contributed by atoms with E-state index in [2.05, 4.69) is 40.0 Å². The summed E-state index contributed by atoms with van der Waals surface area (Å²) in [7, 11) is 0. The van der Waals surface area contributed by atoms with Crippen LogP contribution >= 0.6 is 0 Å². The minimum Gasteiger partial charge on any atom is -0.384 e. The highest BCUT2D eigenvalue weighted by Gasteiger charge is 2.29. The predicted octanol–water partition coefficient (Wildman–Crippen LogP) is 3.49. The van der Waals surface area contributed by atoms with Crippen LogP contribution in [0.3, 0.4) is 0 Å². The quantitative estimate of drug-likeness (QED) is 0.888. The van der Waals surface area contributed by atoms with Crippen LogP contribution in [0.25, 0.3) is 11.3 Å². The zero-order chi connectivity index (χ0) is 12.8. The van der Waals surface area contributed by atoms with Crippen molar-refractivity contribution >= 4 is 5.69 Å².